The third-order valence-electron chi connectivity index (χ3n) is 8.99. The smallest absolute Gasteiger partial charge is 0.265 e. The first kappa shape index (κ1) is 25.0. The highest BCUT2D eigenvalue weighted by molar-refractivity contribution is 5.38. The maximum absolute atomic E-state index is 13.1. The average molecular weight is 466 g/mol. The number of hydrogen-bond donors (Lipinski definition) is 2. The third kappa shape index (κ3) is 5.29. The Balaban J connectivity index is 1.44. The van der Waals surface area contributed by atoms with Gasteiger partial charge >= 0.3 is 0 Å². The highest BCUT2D eigenvalue weighted by Crippen LogP contribution is 2.59. The minimum Gasteiger partial charge on any atom is -0.393 e. The zero-order chi connectivity index (χ0) is 23.8. The van der Waals surface area contributed by atoms with Crippen LogP contribution in [-0.2, 0) is 4.74 Å². The van der Waals surface area contributed by atoms with E-state index >= 15 is 0 Å². The van der Waals surface area contributed by atoms with E-state index in [9.17, 15) is 19.0 Å². The largest absolute Gasteiger partial charge is 0.393 e. The normalized spacial score (nSPS) is 41.7. The lowest BCUT2D eigenvalue weighted by Gasteiger charge is -2.45. The van der Waals surface area contributed by atoms with Gasteiger partial charge in [0.2, 0.25) is 0 Å². The molecule has 2 unspecified atom stereocenters. The van der Waals surface area contributed by atoms with Crippen LogP contribution in [0.1, 0.15) is 58.8 Å². The van der Waals surface area contributed by atoms with Crippen molar-refractivity contribution in [2.75, 3.05) is 26.2 Å². The van der Waals surface area contributed by atoms with Crippen molar-refractivity contribution in [3.63, 3.8) is 0 Å². The lowest BCUT2D eigenvalue weighted by atomic mass is 9.61. The van der Waals surface area contributed by atoms with Gasteiger partial charge in [0.25, 0.3) is 6.43 Å². The molecule has 33 heavy (non-hydrogen) atoms. The molecule has 1 heterocycles. The van der Waals surface area contributed by atoms with E-state index in [2.05, 4.69) is 37.5 Å². The molecule has 3 aliphatic carbocycles. The van der Waals surface area contributed by atoms with Crippen LogP contribution in [0.15, 0.2) is 35.5 Å². The minimum absolute atomic E-state index is 0.235. The van der Waals surface area contributed by atoms with Gasteiger partial charge in [0, 0.05) is 26.1 Å². The first-order valence-electron chi connectivity index (χ1n) is 12.8. The van der Waals surface area contributed by atoms with Crippen LogP contribution in [0.2, 0.25) is 0 Å². The van der Waals surface area contributed by atoms with Crippen LogP contribution in [0.3, 0.4) is 0 Å². The van der Waals surface area contributed by atoms with Crippen molar-refractivity contribution >= 4 is 0 Å². The van der Waals surface area contributed by atoms with Gasteiger partial charge in [-0.25, -0.2) is 8.78 Å². The molecular weight excluding hydrogens is 424 g/mol. The molecule has 7 atom stereocenters. The molecule has 0 aromatic carbocycles. The van der Waals surface area contributed by atoms with Gasteiger partial charge in [-0.15, -0.1) is 0 Å². The lowest BCUT2D eigenvalue weighted by molar-refractivity contribution is -0.106. The summed E-state index contributed by atoms with van der Waals surface area (Å²) in [6.45, 7) is 11.1. The van der Waals surface area contributed by atoms with E-state index in [4.69, 9.17) is 4.74 Å². The Hall–Kier alpha value is -1.08. The second kappa shape index (κ2) is 10.3. The Morgan fingerprint density at radius 1 is 1.27 bits per heavy atom. The number of nitrogens with zero attached hydrogens (tertiary/aromatic N) is 1. The molecule has 0 aromatic rings. The van der Waals surface area contributed by atoms with Gasteiger partial charge in [-0.2, -0.15) is 0 Å². The molecule has 3 saturated carbocycles. The highest BCUT2D eigenvalue weighted by atomic mass is 19.3. The summed E-state index contributed by atoms with van der Waals surface area (Å²) in [6.07, 6.45) is 6.57. The summed E-state index contributed by atoms with van der Waals surface area (Å²) < 4.78 is 31.5. The topological polar surface area (TPSA) is 52.9 Å². The molecule has 0 aromatic heterocycles. The Kier molecular flexibility index (Phi) is 7.79. The van der Waals surface area contributed by atoms with E-state index in [-0.39, 0.29) is 5.41 Å². The van der Waals surface area contributed by atoms with Crippen LogP contribution in [0.5, 0.6) is 0 Å². The summed E-state index contributed by atoms with van der Waals surface area (Å²) >= 11 is 0. The molecule has 4 rings (SSSR count). The molecule has 0 bridgehead atoms. The summed E-state index contributed by atoms with van der Waals surface area (Å²) in [4.78, 5) is 2.18. The lowest BCUT2D eigenvalue weighted by Crippen LogP contribution is -2.48. The van der Waals surface area contributed by atoms with Gasteiger partial charge in [0.05, 0.1) is 18.8 Å². The zero-order valence-electron chi connectivity index (χ0n) is 20.2. The molecular formula is C27H41F2NO3. The van der Waals surface area contributed by atoms with Gasteiger partial charge in [0.1, 0.15) is 6.10 Å². The molecule has 4 aliphatic rings. The van der Waals surface area contributed by atoms with Crippen LogP contribution in [0.4, 0.5) is 8.78 Å². The van der Waals surface area contributed by atoms with Crippen molar-refractivity contribution in [3.8, 4) is 0 Å². The molecule has 2 N–H and O–H groups in total. The molecule has 0 spiro atoms. The van der Waals surface area contributed by atoms with Crippen molar-refractivity contribution in [2.24, 2.45) is 23.2 Å². The van der Waals surface area contributed by atoms with Gasteiger partial charge in [-0.3, -0.25) is 4.90 Å². The second-order valence-electron chi connectivity index (χ2n) is 11.1. The van der Waals surface area contributed by atoms with Crippen molar-refractivity contribution in [1.82, 2.24) is 4.90 Å². The first-order chi connectivity index (χ1) is 15.7. The maximum Gasteiger partial charge on any atom is 0.265 e. The van der Waals surface area contributed by atoms with Crippen LogP contribution in [-0.4, -0.2) is 66.1 Å². The monoisotopic (exact) mass is 465 g/mol. The Morgan fingerprint density at radius 3 is 2.82 bits per heavy atom. The van der Waals surface area contributed by atoms with Crippen molar-refractivity contribution in [1.29, 1.82) is 0 Å². The van der Waals surface area contributed by atoms with E-state index < -0.39 is 24.7 Å². The van der Waals surface area contributed by atoms with Gasteiger partial charge in [-0.05, 0) is 72.8 Å². The molecule has 1 saturated heterocycles. The average Bonchev–Trinajstić information content (AvgIpc) is 3.13. The van der Waals surface area contributed by atoms with Crippen molar-refractivity contribution in [3.05, 3.63) is 35.5 Å². The Morgan fingerprint density at radius 2 is 2.06 bits per heavy atom. The SMILES string of the molecule is C=C1/C(=C\C=C2/CCC[C@]3(C)[C@@H]([C@H](C)CN4CCO[C@@H](C(F)F)C4)CC[C@@H]23)CC(O)CC1O. The van der Waals surface area contributed by atoms with Crippen LogP contribution < -0.4 is 0 Å². The fourth-order valence-electron chi connectivity index (χ4n) is 7.26. The number of alkyl halides is 2. The molecule has 0 radical (unpaired) electrons. The zero-order valence-corrected chi connectivity index (χ0v) is 20.2. The minimum atomic E-state index is -2.42. The van der Waals surface area contributed by atoms with E-state index in [1.54, 1.807) is 0 Å². The molecule has 6 heteroatoms. The van der Waals surface area contributed by atoms with Gasteiger partial charge in [0.15, 0.2) is 0 Å². The molecule has 4 nitrogen and oxygen atoms in total. The van der Waals surface area contributed by atoms with Gasteiger partial charge < -0.3 is 14.9 Å². The molecule has 4 fully saturated rings. The quantitative estimate of drug-likeness (QED) is 0.616. The van der Waals surface area contributed by atoms with Crippen LogP contribution in [0.25, 0.3) is 0 Å². The Labute approximate surface area is 197 Å². The summed E-state index contributed by atoms with van der Waals surface area (Å²) in [5.74, 6) is 1.58. The number of morpholine rings is 1. The number of aliphatic hydroxyl groups is 2. The third-order valence-corrected chi connectivity index (χ3v) is 8.99. The summed E-state index contributed by atoms with van der Waals surface area (Å²) in [5, 5.41) is 20.2. The summed E-state index contributed by atoms with van der Waals surface area (Å²) in [6, 6.07) is 0. The number of aliphatic hydroxyl groups excluding tert-OH is 2. The number of fused-ring (bicyclic) bond motifs is 1. The Bertz CT molecular complexity index is 781. The van der Waals surface area contributed by atoms with Crippen molar-refractivity contribution in [2.45, 2.75) is 83.5 Å². The number of hydrogen-bond acceptors (Lipinski definition) is 4. The van der Waals surface area contributed by atoms with Gasteiger partial charge in [-0.1, -0.05) is 38.2 Å². The summed E-state index contributed by atoms with van der Waals surface area (Å²) in [5.41, 5.74) is 3.42. The first-order valence-corrected chi connectivity index (χ1v) is 12.8. The number of halogens is 2. The molecule has 0 amide bonds. The van der Waals surface area contributed by atoms with Crippen LogP contribution >= 0.6 is 0 Å². The maximum atomic E-state index is 13.1. The van der Waals surface area contributed by atoms with Crippen LogP contribution in [0, 0.1) is 23.2 Å². The fourth-order valence-corrected chi connectivity index (χ4v) is 7.26. The predicted octanol–water partition coefficient (Wildman–Crippen LogP) is 4.73. The molecule has 1 aliphatic heterocycles. The van der Waals surface area contributed by atoms with E-state index in [1.165, 1.54) is 31.3 Å². The standard InChI is InChI=1S/C27H41F2NO3/c1-17(15-30-11-12-33-25(16-30)26(28)29)22-8-9-23-19(5-4-10-27(22,23)3)6-7-20-13-21(31)14-24(32)18(20)2/h6-7,17,21-26,31-32H,2,4-5,8-16H2,1,3H3/b19-6+,20-7-/t17-,21?,22-,23+,24?,25-,27-/m1/s1. The molecule has 186 valence electrons. The highest BCUT2D eigenvalue weighted by Gasteiger charge is 2.50. The number of allylic oxidation sites excluding steroid dienone is 3. The summed E-state index contributed by atoms with van der Waals surface area (Å²) in [7, 11) is 0. The predicted molar refractivity (Wildman–Crippen MR) is 126 cm³/mol. The van der Waals surface area contributed by atoms with E-state index in [0.717, 1.165) is 30.7 Å². The second-order valence-corrected chi connectivity index (χ2v) is 11.1. The van der Waals surface area contributed by atoms with Crippen molar-refractivity contribution < 1.29 is 23.7 Å². The number of ether oxygens (including phenoxy) is 1. The fraction of sp³-hybridized carbons (Fsp3) is 0.778. The van der Waals surface area contributed by atoms with E-state index in [0.29, 0.717) is 43.7 Å². The number of rotatable bonds is 5. The van der Waals surface area contributed by atoms with E-state index in [1.807, 2.05) is 0 Å².